The van der Waals surface area contributed by atoms with Gasteiger partial charge in [0.1, 0.15) is 11.4 Å². The number of nitrogens with one attached hydrogen (secondary N) is 1. The van der Waals surface area contributed by atoms with Gasteiger partial charge in [-0.2, -0.15) is 0 Å². The van der Waals surface area contributed by atoms with Crippen molar-refractivity contribution < 1.29 is 14.3 Å². The van der Waals surface area contributed by atoms with Crippen LogP contribution in [0.15, 0.2) is 66.4 Å². The van der Waals surface area contributed by atoms with E-state index in [1.165, 1.54) is 4.90 Å². The summed E-state index contributed by atoms with van der Waals surface area (Å²) in [6.07, 6.45) is 0. The molecule has 0 unspecified atom stereocenters. The van der Waals surface area contributed by atoms with Crippen LogP contribution in [-0.4, -0.2) is 18.9 Å². The molecule has 3 aromatic carbocycles. The minimum Gasteiger partial charge on any atom is -0.497 e. The fourth-order valence-corrected chi connectivity index (χ4v) is 3.81. The maximum atomic E-state index is 13.7. The first-order valence-electron chi connectivity index (χ1n) is 10.5. The summed E-state index contributed by atoms with van der Waals surface area (Å²) in [7, 11) is 1.60. The molecule has 162 valence electrons. The molecule has 3 aromatic rings. The average Bonchev–Trinajstić information content (AvgIpc) is 3.02. The van der Waals surface area contributed by atoms with Gasteiger partial charge in [-0.15, -0.1) is 0 Å². The summed E-state index contributed by atoms with van der Waals surface area (Å²) < 4.78 is 5.22. The number of imide groups is 1. The zero-order valence-electron chi connectivity index (χ0n) is 18.9. The van der Waals surface area contributed by atoms with Crippen molar-refractivity contribution in [2.24, 2.45) is 0 Å². The molecule has 32 heavy (non-hydrogen) atoms. The number of amides is 2. The van der Waals surface area contributed by atoms with E-state index in [0.717, 1.165) is 27.8 Å². The smallest absolute Gasteiger partial charge is 0.282 e. The lowest BCUT2D eigenvalue weighted by atomic mass is 9.99. The molecule has 4 rings (SSSR count). The lowest BCUT2D eigenvalue weighted by Gasteiger charge is -2.18. The molecule has 0 bridgehead atoms. The van der Waals surface area contributed by atoms with Crippen LogP contribution in [0.5, 0.6) is 5.75 Å². The van der Waals surface area contributed by atoms with Crippen LogP contribution in [0.3, 0.4) is 0 Å². The second-order valence-corrected chi connectivity index (χ2v) is 8.14. The normalized spacial score (nSPS) is 13.7. The van der Waals surface area contributed by atoms with E-state index in [9.17, 15) is 9.59 Å². The third-order valence-corrected chi connectivity index (χ3v) is 5.84. The van der Waals surface area contributed by atoms with Gasteiger partial charge in [0.2, 0.25) is 0 Å². The van der Waals surface area contributed by atoms with E-state index in [4.69, 9.17) is 4.74 Å². The Hall–Kier alpha value is -3.86. The maximum Gasteiger partial charge on any atom is 0.282 e. The lowest BCUT2D eigenvalue weighted by Crippen LogP contribution is -2.33. The molecule has 0 fully saturated rings. The fraction of sp³-hybridized carbons (Fsp3) is 0.185. The number of benzene rings is 3. The number of rotatable bonds is 5. The molecule has 0 saturated carbocycles. The first-order chi connectivity index (χ1) is 15.3. The molecule has 0 saturated heterocycles. The van der Waals surface area contributed by atoms with Crippen molar-refractivity contribution >= 4 is 28.8 Å². The van der Waals surface area contributed by atoms with Crippen LogP contribution < -0.4 is 15.0 Å². The number of aryl methyl sites for hydroxylation is 4. The van der Waals surface area contributed by atoms with Crippen LogP contribution >= 0.6 is 0 Å². The highest BCUT2D eigenvalue weighted by Crippen LogP contribution is 2.36. The van der Waals surface area contributed by atoms with E-state index in [1.54, 1.807) is 7.11 Å². The molecule has 0 spiro atoms. The van der Waals surface area contributed by atoms with E-state index >= 15 is 0 Å². The summed E-state index contributed by atoms with van der Waals surface area (Å²) in [6.45, 7) is 7.87. The molecule has 5 heteroatoms. The minimum atomic E-state index is -0.368. The standard InChI is InChI=1S/C27H26N2O3/c1-16-6-7-18(3)23(14-16)29-26(30)24(20-9-8-17(2)19(4)15-20)25(27(29)31)28-21-10-12-22(32-5)13-11-21/h6-15,28H,1-5H3. The van der Waals surface area contributed by atoms with Gasteiger partial charge < -0.3 is 10.1 Å². The van der Waals surface area contributed by atoms with Gasteiger partial charge >= 0.3 is 0 Å². The quantitative estimate of drug-likeness (QED) is 0.561. The molecule has 1 aliphatic heterocycles. The number of hydrogen-bond donors (Lipinski definition) is 1. The van der Waals surface area contributed by atoms with Crippen molar-refractivity contribution in [2.75, 3.05) is 17.3 Å². The van der Waals surface area contributed by atoms with E-state index in [0.29, 0.717) is 22.7 Å². The number of ether oxygens (including phenoxy) is 1. The van der Waals surface area contributed by atoms with Gasteiger partial charge in [-0.3, -0.25) is 9.59 Å². The zero-order valence-corrected chi connectivity index (χ0v) is 18.9. The Morgan fingerprint density at radius 2 is 1.44 bits per heavy atom. The third-order valence-electron chi connectivity index (χ3n) is 5.84. The minimum absolute atomic E-state index is 0.268. The Bertz CT molecular complexity index is 1260. The predicted octanol–water partition coefficient (Wildman–Crippen LogP) is 5.33. The van der Waals surface area contributed by atoms with Crippen LogP contribution in [0, 0.1) is 27.7 Å². The molecule has 1 N–H and O–H groups in total. The third kappa shape index (κ3) is 3.78. The van der Waals surface area contributed by atoms with Gasteiger partial charge in [0.05, 0.1) is 18.4 Å². The van der Waals surface area contributed by atoms with Gasteiger partial charge in [-0.25, -0.2) is 4.90 Å². The number of carbonyl (C=O) groups excluding carboxylic acids is 2. The lowest BCUT2D eigenvalue weighted by molar-refractivity contribution is -0.120. The van der Waals surface area contributed by atoms with Crippen molar-refractivity contribution in [3.05, 3.63) is 94.2 Å². The number of nitrogens with zero attached hydrogens (tertiary/aromatic N) is 1. The van der Waals surface area contributed by atoms with Crippen LogP contribution in [-0.2, 0) is 9.59 Å². The van der Waals surface area contributed by atoms with E-state index in [-0.39, 0.29) is 17.5 Å². The second kappa shape index (κ2) is 8.35. The molecule has 0 aliphatic carbocycles. The molecule has 0 atom stereocenters. The largest absolute Gasteiger partial charge is 0.497 e. The van der Waals surface area contributed by atoms with E-state index in [2.05, 4.69) is 5.32 Å². The molecule has 2 amide bonds. The monoisotopic (exact) mass is 426 g/mol. The fourth-order valence-electron chi connectivity index (χ4n) is 3.81. The van der Waals surface area contributed by atoms with Crippen LogP contribution in [0.4, 0.5) is 11.4 Å². The SMILES string of the molecule is COc1ccc(NC2=C(c3ccc(C)c(C)c3)C(=O)N(c3cc(C)ccc3C)C2=O)cc1. The summed E-state index contributed by atoms with van der Waals surface area (Å²) in [6, 6.07) is 18.9. The Balaban J connectivity index is 1.85. The van der Waals surface area contributed by atoms with Gasteiger partial charge in [-0.05, 0) is 85.8 Å². The summed E-state index contributed by atoms with van der Waals surface area (Å²) in [5.74, 6) is 0.0143. The highest BCUT2D eigenvalue weighted by molar-refractivity contribution is 6.46. The topological polar surface area (TPSA) is 58.6 Å². The zero-order chi connectivity index (χ0) is 23.0. The van der Waals surface area contributed by atoms with Gasteiger partial charge in [0, 0.05) is 5.69 Å². The van der Waals surface area contributed by atoms with Crippen LogP contribution in [0.2, 0.25) is 0 Å². The van der Waals surface area contributed by atoms with Gasteiger partial charge in [0.25, 0.3) is 11.8 Å². The Morgan fingerprint density at radius 3 is 2.09 bits per heavy atom. The first-order valence-corrected chi connectivity index (χ1v) is 10.5. The predicted molar refractivity (Wildman–Crippen MR) is 128 cm³/mol. The van der Waals surface area contributed by atoms with Crippen LogP contribution in [0.25, 0.3) is 5.57 Å². The molecular formula is C27H26N2O3. The van der Waals surface area contributed by atoms with Crippen molar-refractivity contribution in [2.45, 2.75) is 27.7 Å². The molecule has 0 radical (unpaired) electrons. The van der Waals surface area contributed by atoms with E-state index in [1.807, 2.05) is 88.4 Å². The van der Waals surface area contributed by atoms with Crippen molar-refractivity contribution in [1.29, 1.82) is 0 Å². The first kappa shape index (κ1) is 21.4. The molecular weight excluding hydrogens is 400 g/mol. The molecule has 0 aromatic heterocycles. The number of methoxy groups -OCH3 is 1. The Morgan fingerprint density at radius 1 is 0.750 bits per heavy atom. The van der Waals surface area contributed by atoms with Crippen molar-refractivity contribution in [1.82, 2.24) is 0 Å². The molecule has 1 aliphatic rings. The highest BCUT2D eigenvalue weighted by atomic mass is 16.5. The summed E-state index contributed by atoms with van der Waals surface area (Å²) in [5.41, 5.74) is 6.69. The summed E-state index contributed by atoms with van der Waals surface area (Å²) in [4.78, 5) is 28.5. The summed E-state index contributed by atoms with van der Waals surface area (Å²) >= 11 is 0. The van der Waals surface area contributed by atoms with Crippen molar-refractivity contribution in [3.8, 4) is 5.75 Å². The Kier molecular flexibility index (Phi) is 5.57. The highest BCUT2D eigenvalue weighted by Gasteiger charge is 2.41. The Labute approximate surface area is 188 Å². The number of hydrogen-bond acceptors (Lipinski definition) is 4. The second-order valence-electron chi connectivity index (χ2n) is 8.14. The number of carbonyl (C=O) groups is 2. The van der Waals surface area contributed by atoms with Gasteiger partial charge in [-0.1, -0.05) is 30.3 Å². The molecule has 1 heterocycles. The van der Waals surface area contributed by atoms with Crippen LogP contribution in [0.1, 0.15) is 27.8 Å². The molecule has 5 nitrogen and oxygen atoms in total. The number of anilines is 2. The van der Waals surface area contributed by atoms with Gasteiger partial charge in [0.15, 0.2) is 0 Å². The van der Waals surface area contributed by atoms with Crippen molar-refractivity contribution in [3.63, 3.8) is 0 Å². The average molecular weight is 427 g/mol. The maximum absolute atomic E-state index is 13.7. The summed E-state index contributed by atoms with van der Waals surface area (Å²) in [5, 5.41) is 3.20. The van der Waals surface area contributed by atoms with E-state index < -0.39 is 0 Å².